The van der Waals surface area contributed by atoms with Gasteiger partial charge in [0, 0.05) is 15.8 Å². The first-order chi connectivity index (χ1) is 8.69. The third-order valence-electron chi connectivity index (χ3n) is 4.01. The van der Waals surface area contributed by atoms with Crippen LogP contribution in [0.3, 0.4) is 0 Å². The molecule has 0 bridgehead atoms. The molecule has 1 fully saturated rings. The summed E-state index contributed by atoms with van der Waals surface area (Å²) in [6.07, 6.45) is 3.86. The van der Waals surface area contributed by atoms with Gasteiger partial charge in [-0.1, -0.05) is 6.92 Å². The van der Waals surface area contributed by atoms with Gasteiger partial charge in [0.25, 0.3) is 0 Å². The van der Waals surface area contributed by atoms with E-state index in [1.807, 2.05) is 11.3 Å². The highest BCUT2D eigenvalue weighted by Crippen LogP contribution is 2.24. The lowest BCUT2D eigenvalue weighted by Crippen LogP contribution is -2.35. The van der Waals surface area contributed by atoms with Crippen LogP contribution >= 0.6 is 11.3 Å². The highest BCUT2D eigenvalue weighted by Gasteiger charge is 2.17. The Morgan fingerprint density at radius 3 is 2.72 bits per heavy atom. The van der Waals surface area contributed by atoms with Crippen molar-refractivity contribution < 1.29 is 0 Å². The van der Waals surface area contributed by atoms with Gasteiger partial charge >= 0.3 is 0 Å². The number of thiophene rings is 1. The highest BCUT2D eigenvalue weighted by molar-refractivity contribution is 7.12. The van der Waals surface area contributed by atoms with Crippen LogP contribution in [0.1, 0.15) is 42.5 Å². The quantitative estimate of drug-likeness (QED) is 0.879. The van der Waals surface area contributed by atoms with Gasteiger partial charge in [0.2, 0.25) is 0 Å². The van der Waals surface area contributed by atoms with E-state index in [4.69, 9.17) is 0 Å². The van der Waals surface area contributed by atoms with Crippen molar-refractivity contribution in [1.82, 2.24) is 10.2 Å². The fourth-order valence-electron chi connectivity index (χ4n) is 2.53. The smallest absolute Gasteiger partial charge is 0.0386 e. The maximum Gasteiger partial charge on any atom is 0.0386 e. The molecule has 1 aromatic rings. The Balaban J connectivity index is 1.75. The molecule has 1 aromatic heterocycles. The minimum atomic E-state index is 0.509. The molecule has 0 amide bonds. The van der Waals surface area contributed by atoms with Gasteiger partial charge in [0.05, 0.1) is 0 Å². The van der Waals surface area contributed by atoms with Gasteiger partial charge in [-0.2, -0.15) is 0 Å². The summed E-state index contributed by atoms with van der Waals surface area (Å²) in [6.45, 7) is 8.22. The minimum Gasteiger partial charge on any atom is -0.309 e. The summed E-state index contributed by atoms with van der Waals surface area (Å²) in [6, 6.07) is 5.07. The second kappa shape index (κ2) is 6.69. The molecule has 0 radical (unpaired) electrons. The fraction of sp³-hybridized carbons (Fsp3) is 0.733. The van der Waals surface area contributed by atoms with Crippen LogP contribution in [0, 0.1) is 5.92 Å². The molecule has 18 heavy (non-hydrogen) atoms. The molecule has 0 aromatic carbocycles. The third kappa shape index (κ3) is 3.81. The topological polar surface area (TPSA) is 15.3 Å². The zero-order valence-electron chi connectivity index (χ0n) is 11.9. The van der Waals surface area contributed by atoms with Crippen LogP contribution in [0.15, 0.2) is 12.1 Å². The molecule has 0 aliphatic carbocycles. The summed E-state index contributed by atoms with van der Waals surface area (Å²) < 4.78 is 0. The van der Waals surface area contributed by atoms with E-state index in [0.29, 0.717) is 6.04 Å². The molecule has 2 rings (SSSR count). The van der Waals surface area contributed by atoms with Gasteiger partial charge in [0.15, 0.2) is 0 Å². The summed E-state index contributed by atoms with van der Waals surface area (Å²) >= 11 is 1.96. The maximum absolute atomic E-state index is 3.71. The summed E-state index contributed by atoms with van der Waals surface area (Å²) in [4.78, 5) is 5.42. The molecule has 1 aliphatic rings. The minimum absolute atomic E-state index is 0.509. The van der Waals surface area contributed by atoms with E-state index >= 15 is 0 Å². The summed E-state index contributed by atoms with van der Waals surface area (Å²) in [5.41, 5.74) is 0. The lowest BCUT2D eigenvalue weighted by atomic mass is 9.97. The van der Waals surface area contributed by atoms with Gasteiger partial charge in [-0.05, 0) is 70.9 Å². The second-order valence-electron chi connectivity index (χ2n) is 5.53. The van der Waals surface area contributed by atoms with E-state index in [2.05, 4.69) is 43.2 Å². The van der Waals surface area contributed by atoms with Crippen molar-refractivity contribution in [2.75, 3.05) is 26.7 Å². The second-order valence-corrected chi connectivity index (χ2v) is 6.73. The van der Waals surface area contributed by atoms with Crippen molar-refractivity contribution in [2.24, 2.45) is 5.92 Å². The Hall–Kier alpha value is -0.380. The summed E-state index contributed by atoms with van der Waals surface area (Å²) in [5.74, 6) is 0.870. The Bertz CT molecular complexity index is 353. The molecule has 1 N–H and O–H groups in total. The van der Waals surface area contributed by atoms with Crippen molar-refractivity contribution in [3.63, 3.8) is 0 Å². The predicted molar refractivity (Wildman–Crippen MR) is 80.3 cm³/mol. The molecular formula is C15H26N2S. The molecule has 0 spiro atoms. The molecule has 1 unspecified atom stereocenters. The zero-order chi connectivity index (χ0) is 13.0. The van der Waals surface area contributed by atoms with Gasteiger partial charge in [-0.25, -0.2) is 0 Å². The highest BCUT2D eigenvalue weighted by atomic mass is 32.1. The normalized spacial score (nSPS) is 20.2. The number of aryl methyl sites for hydroxylation is 1. The number of nitrogens with zero attached hydrogens (tertiary/aromatic N) is 1. The van der Waals surface area contributed by atoms with E-state index in [-0.39, 0.29) is 0 Å². The third-order valence-corrected chi connectivity index (χ3v) is 5.42. The Morgan fingerprint density at radius 1 is 1.39 bits per heavy atom. The van der Waals surface area contributed by atoms with Crippen LogP contribution in [0.2, 0.25) is 0 Å². The fourth-order valence-corrected chi connectivity index (χ4v) is 3.51. The van der Waals surface area contributed by atoms with Crippen LogP contribution in [0.25, 0.3) is 0 Å². The van der Waals surface area contributed by atoms with Crippen LogP contribution in [0.4, 0.5) is 0 Å². The molecule has 0 saturated carbocycles. The van der Waals surface area contributed by atoms with E-state index in [1.165, 1.54) is 42.2 Å². The first kappa shape index (κ1) is 14.0. The van der Waals surface area contributed by atoms with Crippen molar-refractivity contribution in [1.29, 1.82) is 0 Å². The molecule has 102 valence electrons. The molecular weight excluding hydrogens is 240 g/mol. The zero-order valence-corrected chi connectivity index (χ0v) is 12.7. The lowest BCUT2D eigenvalue weighted by Gasteiger charge is -2.29. The van der Waals surface area contributed by atoms with Gasteiger partial charge in [-0.3, -0.25) is 0 Å². The Morgan fingerprint density at radius 2 is 2.11 bits per heavy atom. The van der Waals surface area contributed by atoms with E-state index < -0.39 is 0 Å². The summed E-state index contributed by atoms with van der Waals surface area (Å²) in [5, 5.41) is 3.71. The van der Waals surface area contributed by atoms with Gasteiger partial charge < -0.3 is 10.2 Å². The monoisotopic (exact) mass is 266 g/mol. The van der Waals surface area contributed by atoms with E-state index in [1.54, 1.807) is 0 Å². The number of hydrogen-bond acceptors (Lipinski definition) is 3. The number of likely N-dealkylation sites (tertiary alicyclic amines) is 1. The average Bonchev–Trinajstić information content (AvgIpc) is 2.86. The Labute approximate surface area is 115 Å². The molecule has 2 heterocycles. The SMILES string of the molecule is CCc1ccc(C(C)NCC2CCN(C)CC2)s1. The van der Waals surface area contributed by atoms with Crippen LogP contribution < -0.4 is 5.32 Å². The first-order valence-corrected chi connectivity index (χ1v) is 8.01. The molecule has 3 heteroatoms. The first-order valence-electron chi connectivity index (χ1n) is 7.19. The van der Waals surface area contributed by atoms with Gasteiger partial charge in [0.1, 0.15) is 0 Å². The van der Waals surface area contributed by atoms with Crippen molar-refractivity contribution in [3.05, 3.63) is 21.9 Å². The number of hydrogen-bond donors (Lipinski definition) is 1. The van der Waals surface area contributed by atoms with Crippen LogP contribution in [0.5, 0.6) is 0 Å². The summed E-state index contributed by atoms with van der Waals surface area (Å²) in [7, 11) is 2.23. The number of piperidine rings is 1. The molecule has 1 aliphatic heterocycles. The van der Waals surface area contributed by atoms with Crippen LogP contribution in [-0.4, -0.2) is 31.6 Å². The lowest BCUT2D eigenvalue weighted by molar-refractivity contribution is 0.213. The van der Waals surface area contributed by atoms with Crippen molar-refractivity contribution in [2.45, 2.75) is 39.2 Å². The molecule has 1 atom stereocenters. The predicted octanol–water partition coefficient (Wildman–Crippen LogP) is 3.30. The van der Waals surface area contributed by atoms with E-state index in [9.17, 15) is 0 Å². The van der Waals surface area contributed by atoms with Crippen LogP contribution in [-0.2, 0) is 6.42 Å². The van der Waals surface area contributed by atoms with Crippen molar-refractivity contribution in [3.8, 4) is 0 Å². The largest absolute Gasteiger partial charge is 0.309 e. The maximum atomic E-state index is 3.71. The molecule has 1 saturated heterocycles. The number of nitrogens with one attached hydrogen (secondary N) is 1. The molecule has 2 nitrogen and oxygen atoms in total. The van der Waals surface area contributed by atoms with E-state index in [0.717, 1.165) is 12.3 Å². The standard InChI is InChI=1S/C15H26N2S/c1-4-14-5-6-15(18-14)12(2)16-11-13-7-9-17(3)10-8-13/h5-6,12-13,16H,4,7-11H2,1-3H3. The van der Waals surface area contributed by atoms with Gasteiger partial charge in [-0.15, -0.1) is 11.3 Å². The average molecular weight is 266 g/mol. The Kier molecular flexibility index (Phi) is 5.22. The number of rotatable bonds is 5. The van der Waals surface area contributed by atoms with Crippen molar-refractivity contribution >= 4 is 11.3 Å².